The average molecular weight is 209 g/mol. The Morgan fingerprint density at radius 2 is 2.33 bits per heavy atom. The third kappa shape index (κ3) is 2.46. The summed E-state index contributed by atoms with van der Waals surface area (Å²) >= 11 is 0. The monoisotopic (exact) mass is 209 g/mol. The molecule has 0 aliphatic rings. The van der Waals surface area contributed by atoms with Crippen molar-refractivity contribution < 1.29 is 14.3 Å². The van der Waals surface area contributed by atoms with Gasteiger partial charge in [0, 0.05) is 12.7 Å². The van der Waals surface area contributed by atoms with Gasteiger partial charge in [0.25, 0.3) is 0 Å². The number of aldehydes is 1. The Balaban J connectivity index is 2.95. The molecule has 4 heteroatoms. The van der Waals surface area contributed by atoms with Crippen molar-refractivity contribution in [2.45, 2.75) is 26.3 Å². The Bertz CT molecular complexity index is 355. The van der Waals surface area contributed by atoms with E-state index in [0.29, 0.717) is 17.5 Å². The molecule has 0 aromatic carbocycles. The molecule has 0 atom stereocenters. The number of unbranched alkanes of at least 4 members (excludes halogenated alkanes) is 1. The van der Waals surface area contributed by atoms with E-state index in [0.717, 1.165) is 19.4 Å². The zero-order valence-corrected chi connectivity index (χ0v) is 9.03. The summed E-state index contributed by atoms with van der Waals surface area (Å²) in [5.41, 5.74) is 0.735. The number of esters is 1. The number of carbonyl (C=O) groups excluding carboxylic acids is 2. The summed E-state index contributed by atoms with van der Waals surface area (Å²) in [6, 6.07) is 1.62. The number of ether oxygens (including phenoxy) is 1. The van der Waals surface area contributed by atoms with E-state index in [-0.39, 0.29) is 0 Å². The SMILES string of the molecule is CCCCn1ccc(C(=O)OC)c1C=O. The molecule has 0 saturated carbocycles. The molecule has 0 bridgehead atoms. The van der Waals surface area contributed by atoms with E-state index in [1.54, 1.807) is 16.8 Å². The first kappa shape index (κ1) is 11.5. The van der Waals surface area contributed by atoms with Crippen LogP contribution < -0.4 is 0 Å². The van der Waals surface area contributed by atoms with Crippen LogP contribution in [0.4, 0.5) is 0 Å². The fraction of sp³-hybridized carbons (Fsp3) is 0.455. The summed E-state index contributed by atoms with van der Waals surface area (Å²) < 4.78 is 6.37. The first-order chi connectivity index (χ1) is 7.24. The minimum absolute atomic E-state index is 0.337. The maximum atomic E-state index is 11.3. The molecule has 82 valence electrons. The molecule has 15 heavy (non-hydrogen) atoms. The summed E-state index contributed by atoms with van der Waals surface area (Å²) in [7, 11) is 1.31. The zero-order valence-electron chi connectivity index (χ0n) is 9.03. The van der Waals surface area contributed by atoms with Gasteiger partial charge in [-0.2, -0.15) is 0 Å². The molecule has 0 amide bonds. The summed E-state index contributed by atoms with van der Waals surface area (Å²) in [6.45, 7) is 2.83. The lowest BCUT2D eigenvalue weighted by molar-refractivity contribution is 0.0598. The predicted molar refractivity (Wildman–Crippen MR) is 56.1 cm³/mol. The van der Waals surface area contributed by atoms with Gasteiger partial charge in [-0.1, -0.05) is 13.3 Å². The molecule has 1 heterocycles. The normalized spacial score (nSPS) is 10.0. The van der Waals surface area contributed by atoms with E-state index in [1.807, 2.05) is 0 Å². The number of hydrogen-bond acceptors (Lipinski definition) is 3. The van der Waals surface area contributed by atoms with Gasteiger partial charge in [-0.15, -0.1) is 0 Å². The fourth-order valence-corrected chi connectivity index (χ4v) is 1.42. The number of nitrogens with zero attached hydrogens (tertiary/aromatic N) is 1. The van der Waals surface area contributed by atoms with Gasteiger partial charge in [0.1, 0.15) is 0 Å². The van der Waals surface area contributed by atoms with Gasteiger partial charge < -0.3 is 9.30 Å². The van der Waals surface area contributed by atoms with Crippen LogP contribution in [0, 0.1) is 0 Å². The average Bonchev–Trinajstić information content (AvgIpc) is 2.67. The number of methoxy groups -OCH3 is 1. The van der Waals surface area contributed by atoms with Gasteiger partial charge in [-0.05, 0) is 12.5 Å². The molecule has 0 aliphatic heterocycles. The Kier molecular flexibility index (Phi) is 4.09. The lowest BCUT2D eigenvalue weighted by atomic mass is 10.2. The fourth-order valence-electron chi connectivity index (χ4n) is 1.42. The van der Waals surface area contributed by atoms with E-state index < -0.39 is 5.97 Å². The van der Waals surface area contributed by atoms with Gasteiger partial charge in [0.2, 0.25) is 0 Å². The summed E-state index contributed by atoms with van der Waals surface area (Å²) in [6.07, 6.45) is 4.47. The second-order valence-corrected chi connectivity index (χ2v) is 3.27. The van der Waals surface area contributed by atoms with Crippen molar-refractivity contribution in [2.75, 3.05) is 7.11 Å². The van der Waals surface area contributed by atoms with Crippen LogP contribution in [0.15, 0.2) is 12.3 Å². The molecule has 0 unspecified atom stereocenters. The highest BCUT2D eigenvalue weighted by atomic mass is 16.5. The second kappa shape index (κ2) is 5.34. The molecule has 0 N–H and O–H groups in total. The Morgan fingerprint density at radius 1 is 1.60 bits per heavy atom. The summed E-state index contributed by atoms with van der Waals surface area (Å²) in [5, 5.41) is 0. The minimum Gasteiger partial charge on any atom is -0.465 e. The summed E-state index contributed by atoms with van der Waals surface area (Å²) in [4.78, 5) is 22.2. The molecule has 0 saturated heterocycles. The van der Waals surface area contributed by atoms with Crippen molar-refractivity contribution in [1.82, 2.24) is 4.57 Å². The molecule has 1 rings (SSSR count). The zero-order chi connectivity index (χ0) is 11.3. The Morgan fingerprint density at radius 3 is 2.87 bits per heavy atom. The van der Waals surface area contributed by atoms with Crippen molar-refractivity contribution >= 4 is 12.3 Å². The number of aromatic nitrogens is 1. The van der Waals surface area contributed by atoms with Crippen LogP contribution in [0.3, 0.4) is 0 Å². The standard InChI is InChI=1S/C11H15NO3/c1-3-4-6-12-7-5-9(10(12)8-13)11(14)15-2/h5,7-8H,3-4,6H2,1-2H3. The molecule has 0 spiro atoms. The number of hydrogen-bond donors (Lipinski definition) is 0. The molecule has 0 aliphatic carbocycles. The van der Waals surface area contributed by atoms with Crippen molar-refractivity contribution in [3.8, 4) is 0 Å². The maximum absolute atomic E-state index is 11.3. The Hall–Kier alpha value is -1.58. The van der Waals surface area contributed by atoms with Crippen LogP contribution >= 0.6 is 0 Å². The van der Waals surface area contributed by atoms with Gasteiger partial charge in [-0.3, -0.25) is 4.79 Å². The highest BCUT2D eigenvalue weighted by Gasteiger charge is 2.15. The topological polar surface area (TPSA) is 48.3 Å². The quantitative estimate of drug-likeness (QED) is 0.549. The minimum atomic E-state index is -0.465. The summed E-state index contributed by atoms with van der Waals surface area (Å²) in [5.74, 6) is -0.465. The van der Waals surface area contributed by atoms with Crippen LogP contribution in [-0.2, 0) is 11.3 Å². The molecular formula is C11H15NO3. The van der Waals surface area contributed by atoms with Gasteiger partial charge in [-0.25, -0.2) is 4.79 Å². The van der Waals surface area contributed by atoms with Crippen molar-refractivity contribution in [3.63, 3.8) is 0 Å². The number of carbonyl (C=O) groups is 2. The van der Waals surface area contributed by atoms with Crippen LogP contribution in [0.25, 0.3) is 0 Å². The van der Waals surface area contributed by atoms with Gasteiger partial charge in [0.15, 0.2) is 6.29 Å². The van der Waals surface area contributed by atoms with E-state index >= 15 is 0 Å². The third-order valence-corrected chi connectivity index (χ3v) is 2.28. The van der Waals surface area contributed by atoms with Crippen LogP contribution in [0.2, 0.25) is 0 Å². The lowest BCUT2D eigenvalue weighted by Crippen LogP contribution is -2.07. The van der Waals surface area contributed by atoms with Crippen molar-refractivity contribution in [2.24, 2.45) is 0 Å². The molecular weight excluding hydrogens is 194 g/mol. The van der Waals surface area contributed by atoms with Crippen molar-refractivity contribution in [3.05, 3.63) is 23.5 Å². The van der Waals surface area contributed by atoms with Crippen LogP contribution in [0.1, 0.15) is 40.6 Å². The highest BCUT2D eigenvalue weighted by molar-refractivity contribution is 5.97. The molecule has 1 aromatic heterocycles. The maximum Gasteiger partial charge on any atom is 0.340 e. The molecule has 1 aromatic rings. The van der Waals surface area contributed by atoms with Crippen molar-refractivity contribution in [1.29, 1.82) is 0 Å². The van der Waals surface area contributed by atoms with Gasteiger partial charge in [0.05, 0.1) is 18.4 Å². The largest absolute Gasteiger partial charge is 0.465 e. The predicted octanol–water partition coefficient (Wildman–Crippen LogP) is 1.89. The van der Waals surface area contributed by atoms with E-state index in [1.165, 1.54) is 7.11 Å². The third-order valence-electron chi connectivity index (χ3n) is 2.28. The van der Waals surface area contributed by atoms with Crippen LogP contribution in [-0.4, -0.2) is 23.9 Å². The Labute approximate surface area is 88.8 Å². The second-order valence-electron chi connectivity index (χ2n) is 3.27. The van der Waals surface area contributed by atoms with Crippen LogP contribution in [0.5, 0.6) is 0 Å². The van der Waals surface area contributed by atoms with E-state index in [9.17, 15) is 9.59 Å². The smallest absolute Gasteiger partial charge is 0.340 e. The first-order valence-electron chi connectivity index (χ1n) is 4.97. The first-order valence-corrected chi connectivity index (χ1v) is 4.97. The van der Waals surface area contributed by atoms with E-state index in [2.05, 4.69) is 11.7 Å². The van der Waals surface area contributed by atoms with E-state index in [4.69, 9.17) is 0 Å². The molecule has 0 fully saturated rings. The molecule has 4 nitrogen and oxygen atoms in total. The molecule has 0 radical (unpaired) electrons. The highest BCUT2D eigenvalue weighted by Crippen LogP contribution is 2.11. The number of rotatable bonds is 5. The number of aryl methyl sites for hydroxylation is 1. The lowest BCUT2D eigenvalue weighted by Gasteiger charge is -2.04. The van der Waals surface area contributed by atoms with Gasteiger partial charge >= 0.3 is 5.97 Å².